The number of aliphatic hydroxyl groups excluding tert-OH is 2. The van der Waals surface area contributed by atoms with E-state index in [9.17, 15) is 19.8 Å². The minimum Gasteiger partial charge on any atom is -0.481 e. The SMILES string of the molecule is C[C@H](CCC(=O)O)[C@@H]1CC[C@@H]2[C@@H]3C(=O)C[C@@H]4C[C@H](O)CC[C@]4(C)[C@@H]3C[C@H](O)[C@@]21C. The van der Waals surface area contributed by atoms with Gasteiger partial charge in [-0.25, -0.2) is 0 Å². The van der Waals surface area contributed by atoms with E-state index in [0.29, 0.717) is 25.0 Å². The van der Waals surface area contributed by atoms with Crippen LogP contribution in [-0.2, 0) is 9.59 Å². The highest BCUT2D eigenvalue weighted by molar-refractivity contribution is 5.83. The summed E-state index contributed by atoms with van der Waals surface area (Å²) in [5.41, 5.74) is -0.265. The van der Waals surface area contributed by atoms with Crippen molar-refractivity contribution < 1.29 is 24.9 Å². The van der Waals surface area contributed by atoms with Gasteiger partial charge in [0.15, 0.2) is 0 Å². The van der Waals surface area contributed by atoms with Crippen molar-refractivity contribution in [3.05, 3.63) is 0 Å². The van der Waals surface area contributed by atoms with Crippen molar-refractivity contribution in [3.63, 3.8) is 0 Å². The van der Waals surface area contributed by atoms with Crippen LogP contribution < -0.4 is 0 Å². The van der Waals surface area contributed by atoms with Crippen molar-refractivity contribution in [1.82, 2.24) is 0 Å². The van der Waals surface area contributed by atoms with Crippen LogP contribution in [0.2, 0.25) is 0 Å². The highest BCUT2D eigenvalue weighted by atomic mass is 16.4. The topological polar surface area (TPSA) is 94.8 Å². The van der Waals surface area contributed by atoms with Crippen molar-refractivity contribution in [1.29, 1.82) is 0 Å². The molecule has 29 heavy (non-hydrogen) atoms. The Morgan fingerprint density at radius 2 is 1.86 bits per heavy atom. The molecule has 0 bridgehead atoms. The van der Waals surface area contributed by atoms with Gasteiger partial charge >= 0.3 is 5.97 Å². The van der Waals surface area contributed by atoms with E-state index in [1.54, 1.807) is 0 Å². The second kappa shape index (κ2) is 7.33. The molecular weight excluding hydrogens is 368 g/mol. The molecule has 164 valence electrons. The second-order valence-electron chi connectivity index (χ2n) is 11.3. The first-order chi connectivity index (χ1) is 13.6. The van der Waals surface area contributed by atoms with Gasteiger partial charge in [0, 0.05) is 24.2 Å². The van der Waals surface area contributed by atoms with Crippen molar-refractivity contribution in [2.45, 2.75) is 90.8 Å². The molecule has 0 amide bonds. The van der Waals surface area contributed by atoms with Gasteiger partial charge in [-0.3, -0.25) is 9.59 Å². The molecule has 5 nitrogen and oxygen atoms in total. The predicted octanol–water partition coefficient (Wildman–Crippen LogP) is 3.66. The molecule has 5 heteroatoms. The first-order valence-electron chi connectivity index (χ1n) is 11.7. The van der Waals surface area contributed by atoms with Crippen molar-refractivity contribution in [2.24, 2.45) is 46.3 Å². The Hall–Kier alpha value is -0.940. The van der Waals surface area contributed by atoms with Gasteiger partial charge < -0.3 is 15.3 Å². The number of hydrogen-bond donors (Lipinski definition) is 3. The lowest BCUT2D eigenvalue weighted by atomic mass is 9.43. The summed E-state index contributed by atoms with van der Waals surface area (Å²) < 4.78 is 0. The zero-order chi connectivity index (χ0) is 21.1. The van der Waals surface area contributed by atoms with Crippen molar-refractivity contribution in [3.8, 4) is 0 Å². The Morgan fingerprint density at radius 3 is 2.55 bits per heavy atom. The van der Waals surface area contributed by atoms with Gasteiger partial charge in [-0.05, 0) is 80.0 Å². The van der Waals surface area contributed by atoms with Crippen LogP contribution >= 0.6 is 0 Å². The molecule has 10 atom stereocenters. The number of aliphatic carboxylic acids is 1. The zero-order valence-corrected chi connectivity index (χ0v) is 18.1. The Bertz CT molecular complexity index is 676. The lowest BCUT2D eigenvalue weighted by molar-refractivity contribution is -0.182. The van der Waals surface area contributed by atoms with Gasteiger partial charge in [-0.1, -0.05) is 20.8 Å². The van der Waals surface area contributed by atoms with E-state index in [1.807, 2.05) is 0 Å². The number of carboxylic acid groups (broad SMARTS) is 1. The van der Waals surface area contributed by atoms with E-state index in [2.05, 4.69) is 20.8 Å². The number of Topliss-reactive ketones (excluding diaryl/α,β-unsaturated/α-hetero) is 1. The van der Waals surface area contributed by atoms with Gasteiger partial charge in [0.1, 0.15) is 5.78 Å². The lowest BCUT2D eigenvalue weighted by Gasteiger charge is -2.61. The molecule has 0 radical (unpaired) electrons. The fourth-order valence-corrected chi connectivity index (χ4v) is 8.40. The maximum atomic E-state index is 13.4. The smallest absolute Gasteiger partial charge is 0.303 e. The van der Waals surface area contributed by atoms with Crippen LogP contribution in [0.3, 0.4) is 0 Å². The van der Waals surface area contributed by atoms with Crippen LogP contribution in [0.5, 0.6) is 0 Å². The first kappa shape index (κ1) is 21.3. The van der Waals surface area contributed by atoms with Crippen LogP contribution in [0.1, 0.15) is 78.6 Å². The van der Waals surface area contributed by atoms with E-state index in [-0.39, 0.29) is 58.9 Å². The van der Waals surface area contributed by atoms with Crippen LogP contribution in [0, 0.1) is 46.3 Å². The van der Waals surface area contributed by atoms with Gasteiger partial charge in [-0.15, -0.1) is 0 Å². The normalized spacial score (nSPS) is 50.4. The maximum absolute atomic E-state index is 13.4. The first-order valence-corrected chi connectivity index (χ1v) is 11.7. The van der Waals surface area contributed by atoms with Crippen LogP contribution in [0.25, 0.3) is 0 Å². The summed E-state index contributed by atoms with van der Waals surface area (Å²) in [6, 6.07) is 0. The number of carbonyl (C=O) groups is 2. The van der Waals surface area contributed by atoms with E-state index in [0.717, 1.165) is 32.1 Å². The van der Waals surface area contributed by atoms with Crippen molar-refractivity contribution >= 4 is 11.8 Å². The van der Waals surface area contributed by atoms with E-state index >= 15 is 0 Å². The Kier molecular flexibility index (Phi) is 5.39. The van der Waals surface area contributed by atoms with E-state index in [1.165, 1.54) is 0 Å². The fourth-order valence-electron chi connectivity index (χ4n) is 8.40. The highest BCUT2D eigenvalue weighted by Gasteiger charge is 2.65. The summed E-state index contributed by atoms with van der Waals surface area (Å²) >= 11 is 0. The fraction of sp³-hybridized carbons (Fsp3) is 0.917. The molecule has 0 spiro atoms. The van der Waals surface area contributed by atoms with Crippen LogP contribution in [0.15, 0.2) is 0 Å². The summed E-state index contributed by atoms with van der Waals surface area (Å²) in [4.78, 5) is 24.4. The van der Waals surface area contributed by atoms with Crippen LogP contribution in [-0.4, -0.2) is 39.3 Å². The summed E-state index contributed by atoms with van der Waals surface area (Å²) in [7, 11) is 0. The summed E-state index contributed by atoms with van der Waals surface area (Å²) in [5.74, 6) is 0.775. The third-order valence-corrected chi connectivity index (χ3v) is 10.1. The molecule has 4 rings (SSSR count). The number of carbonyl (C=O) groups excluding carboxylic acids is 1. The highest BCUT2D eigenvalue weighted by Crippen LogP contribution is 2.67. The average Bonchev–Trinajstić information content (AvgIpc) is 3.01. The molecule has 0 unspecified atom stereocenters. The number of hydrogen-bond acceptors (Lipinski definition) is 4. The molecule has 0 aromatic carbocycles. The quantitative estimate of drug-likeness (QED) is 0.662. The molecule has 0 saturated heterocycles. The number of carboxylic acids is 1. The van der Waals surface area contributed by atoms with Gasteiger partial charge in [0.2, 0.25) is 0 Å². The average molecular weight is 407 g/mol. The third-order valence-electron chi connectivity index (χ3n) is 10.1. The monoisotopic (exact) mass is 406 g/mol. The largest absolute Gasteiger partial charge is 0.481 e. The maximum Gasteiger partial charge on any atom is 0.303 e. The minimum absolute atomic E-state index is 0.0246. The van der Waals surface area contributed by atoms with Gasteiger partial charge in [0.05, 0.1) is 12.2 Å². The lowest BCUT2D eigenvalue weighted by Crippen LogP contribution is -2.61. The summed E-state index contributed by atoms with van der Waals surface area (Å²) in [6.45, 7) is 6.62. The zero-order valence-electron chi connectivity index (χ0n) is 18.1. The van der Waals surface area contributed by atoms with Gasteiger partial charge in [-0.2, -0.15) is 0 Å². The molecular formula is C24H38O5. The molecule has 4 aliphatic rings. The second-order valence-corrected chi connectivity index (χ2v) is 11.3. The van der Waals surface area contributed by atoms with E-state index < -0.39 is 12.1 Å². The van der Waals surface area contributed by atoms with Gasteiger partial charge in [0.25, 0.3) is 0 Å². The van der Waals surface area contributed by atoms with Crippen LogP contribution in [0.4, 0.5) is 0 Å². The number of rotatable bonds is 4. The Morgan fingerprint density at radius 1 is 1.14 bits per heavy atom. The molecule has 0 aromatic rings. The molecule has 3 N–H and O–H groups in total. The number of aliphatic hydroxyl groups is 2. The third kappa shape index (κ3) is 3.18. The number of ketones is 1. The standard InChI is InChI=1S/C24H38O5/c1-13(4-7-21(28)29)16-5-6-17-22-18(12-20(27)24(16,17)3)23(2)9-8-15(25)10-14(23)11-19(22)26/h13-18,20,22,25,27H,4-12H2,1-3H3,(H,28,29)/t13-,14+,15-,16+,17-,18-,20+,22+,23+,24-/m1/s1. The molecule has 4 aliphatic carbocycles. The summed E-state index contributed by atoms with van der Waals surface area (Å²) in [6.07, 6.45) is 5.74. The molecule has 0 aliphatic heterocycles. The van der Waals surface area contributed by atoms with E-state index in [4.69, 9.17) is 5.11 Å². The number of fused-ring (bicyclic) bond motifs is 5. The molecule has 0 aromatic heterocycles. The molecule has 4 fully saturated rings. The summed E-state index contributed by atoms with van der Waals surface area (Å²) in [5, 5.41) is 30.7. The minimum atomic E-state index is -0.762. The molecule has 4 saturated carbocycles. The Balaban J connectivity index is 1.62. The predicted molar refractivity (Wildman–Crippen MR) is 109 cm³/mol. The molecule has 0 heterocycles. The van der Waals surface area contributed by atoms with Crippen molar-refractivity contribution in [2.75, 3.05) is 0 Å². The Labute approximate surface area is 174 Å².